The Labute approximate surface area is 174 Å². The summed E-state index contributed by atoms with van der Waals surface area (Å²) in [7, 11) is 0. The first-order valence-corrected chi connectivity index (χ1v) is 9.60. The van der Waals surface area contributed by atoms with E-state index >= 15 is 0 Å². The summed E-state index contributed by atoms with van der Waals surface area (Å²) in [4.78, 5) is 26.3. The van der Waals surface area contributed by atoms with Gasteiger partial charge in [0.25, 0.3) is 0 Å². The molecule has 2 aromatic rings. The second-order valence-electron chi connectivity index (χ2n) is 6.77. The maximum atomic E-state index is 13.9. The lowest BCUT2D eigenvalue weighted by atomic mass is 10.1. The number of carbonyl (C=O) groups is 2. The summed E-state index contributed by atoms with van der Waals surface area (Å²) >= 11 is 5.96. The Balaban J connectivity index is 1.91. The standard InChI is InChI=1S/C21H24ClF2N3O2/c1-4-27(12-21(29)26-19-9-15(22)6-5-13(19)2)11-20(28)25-14(3)17-8-7-16(23)10-18(17)24/h5-10,14H,4,11-12H2,1-3H3,(H,25,28)(H,26,29). The van der Waals surface area contributed by atoms with Crippen LogP contribution in [-0.4, -0.2) is 36.3 Å². The van der Waals surface area contributed by atoms with E-state index in [4.69, 9.17) is 11.6 Å². The van der Waals surface area contributed by atoms with E-state index in [-0.39, 0.29) is 30.5 Å². The van der Waals surface area contributed by atoms with Gasteiger partial charge in [-0.3, -0.25) is 14.5 Å². The number of aryl methyl sites for hydroxylation is 1. The first-order chi connectivity index (χ1) is 13.7. The van der Waals surface area contributed by atoms with Gasteiger partial charge in [0, 0.05) is 22.3 Å². The van der Waals surface area contributed by atoms with Gasteiger partial charge in [0.05, 0.1) is 19.1 Å². The van der Waals surface area contributed by atoms with Crippen LogP contribution in [0.4, 0.5) is 14.5 Å². The third-order valence-electron chi connectivity index (χ3n) is 4.46. The van der Waals surface area contributed by atoms with Crippen LogP contribution >= 0.6 is 11.6 Å². The summed E-state index contributed by atoms with van der Waals surface area (Å²) in [5.74, 6) is -2.04. The summed E-state index contributed by atoms with van der Waals surface area (Å²) in [5.41, 5.74) is 1.68. The SMILES string of the molecule is CCN(CC(=O)Nc1cc(Cl)ccc1C)CC(=O)NC(C)c1ccc(F)cc1F. The van der Waals surface area contributed by atoms with E-state index in [2.05, 4.69) is 10.6 Å². The number of likely N-dealkylation sites (N-methyl/N-ethyl adjacent to an activating group) is 1. The molecule has 2 aromatic carbocycles. The molecule has 2 rings (SSSR count). The summed E-state index contributed by atoms with van der Waals surface area (Å²) in [6.07, 6.45) is 0. The Hall–Kier alpha value is -2.51. The molecule has 29 heavy (non-hydrogen) atoms. The fourth-order valence-electron chi connectivity index (χ4n) is 2.82. The zero-order valence-corrected chi connectivity index (χ0v) is 17.3. The molecule has 156 valence electrons. The fraction of sp³-hybridized carbons (Fsp3) is 0.333. The highest BCUT2D eigenvalue weighted by Crippen LogP contribution is 2.20. The van der Waals surface area contributed by atoms with Gasteiger partial charge in [0.1, 0.15) is 11.6 Å². The minimum absolute atomic E-state index is 0.00909. The number of nitrogens with one attached hydrogen (secondary N) is 2. The van der Waals surface area contributed by atoms with Crippen molar-refractivity contribution in [1.29, 1.82) is 0 Å². The zero-order chi connectivity index (χ0) is 21.6. The highest BCUT2D eigenvalue weighted by Gasteiger charge is 2.18. The second-order valence-corrected chi connectivity index (χ2v) is 7.20. The van der Waals surface area contributed by atoms with Crippen molar-refractivity contribution >= 4 is 29.1 Å². The third-order valence-corrected chi connectivity index (χ3v) is 4.70. The molecule has 0 bridgehead atoms. The largest absolute Gasteiger partial charge is 0.348 e. The molecule has 0 aliphatic carbocycles. The van der Waals surface area contributed by atoms with Crippen LogP contribution in [-0.2, 0) is 9.59 Å². The van der Waals surface area contributed by atoms with Crippen LogP contribution in [0.3, 0.4) is 0 Å². The van der Waals surface area contributed by atoms with Crippen LogP contribution in [0.15, 0.2) is 36.4 Å². The molecule has 2 amide bonds. The predicted molar refractivity (Wildman–Crippen MR) is 110 cm³/mol. The van der Waals surface area contributed by atoms with Gasteiger partial charge < -0.3 is 10.6 Å². The molecule has 0 aromatic heterocycles. The van der Waals surface area contributed by atoms with E-state index < -0.39 is 17.7 Å². The molecule has 0 saturated carbocycles. The van der Waals surface area contributed by atoms with Crippen LogP contribution in [0.5, 0.6) is 0 Å². The molecule has 0 radical (unpaired) electrons. The number of anilines is 1. The lowest BCUT2D eigenvalue weighted by Gasteiger charge is -2.21. The van der Waals surface area contributed by atoms with Gasteiger partial charge in [-0.25, -0.2) is 8.78 Å². The third kappa shape index (κ3) is 6.80. The van der Waals surface area contributed by atoms with Gasteiger partial charge in [-0.2, -0.15) is 0 Å². The first-order valence-electron chi connectivity index (χ1n) is 9.22. The van der Waals surface area contributed by atoms with Gasteiger partial charge in [0.2, 0.25) is 11.8 Å². The monoisotopic (exact) mass is 423 g/mol. The molecule has 0 aliphatic rings. The lowest BCUT2D eigenvalue weighted by molar-refractivity contribution is -0.123. The van der Waals surface area contributed by atoms with Crippen molar-refractivity contribution < 1.29 is 18.4 Å². The molecule has 1 unspecified atom stereocenters. The summed E-state index contributed by atoms with van der Waals surface area (Å²) in [6.45, 7) is 5.73. The minimum Gasteiger partial charge on any atom is -0.348 e. The number of hydrogen-bond donors (Lipinski definition) is 2. The smallest absolute Gasteiger partial charge is 0.238 e. The van der Waals surface area contributed by atoms with Crippen LogP contribution in [0.2, 0.25) is 5.02 Å². The topological polar surface area (TPSA) is 61.4 Å². The Morgan fingerprint density at radius 2 is 1.79 bits per heavy atom. The molecular weight excluding hydrogens is 400 g/mol. The summed E-state index contributed by atoms with van der Waals surface area (Å²) in [5, 5.41) is 5.97. The van der Waals surface area contributed by atoms with Crippen LogP contribution < -0.4 is 10.6 Å². The molecule has 0 heterocycles. The number of benzene rings is 2. The Bertz CT molecular complexity index is 892. The molecule has 0 aliphatic heterocycles. The van der Waals surface area contributed by atoms with Crippen molar-refractivity contribution in [2.45, 2.75) is 26.8 Å². The zero-order valence-electron chi connectivity index (χ0n) is 16.6. The Morgan fingerprint density at radius 1 is 1.10 bits per heavy atom. The van der Waals surface area contributed by atoms with E-state index in [1.54, 1.807) is 30.0 Å². The predicted octanol–water partition coefficient (Wildman–Crippen LogP) is 4.06. The number of amides is 2. The Morgan fingerprint density at radius 3 is 2.45 bits per heavy atom. The number of nitrogens with zero attached hydrogens (tertiary/aromatic N) is 1. The van der Waals surface area contributed by atoms with E-state index in [1.165, 1.54) is 6.07 Å². The average Bonchev–Trinajstić information content (AvgIpc) is 2.63. The van der Waals surface area contributed by atoms with Crippen LogP contribution in [0.25, 0.3) is 0 Å². The summed E-state index contributed by atoms with van der Waals surface area (Å²) < 4.78 is 26.9. The average molecular weight is 424 g/mol. The van der Waals surface area contributed by atoms with Gasteiger partial charge >= 0.3 is 0 Å². The molecule has 0 saturated heterocycles. The molecule has 0 fully saturated rings. The van der Waals surface area contributed by atoms with Gasteiger partial charge in [-0.15, -0.1) is 0 Å². The van der Waals surface area contributed by atoms with E-state index in [1.807, 2.05) is 13.8 Å². The quantitative estimate of drug-likeness (QED) is 0.673. The van der Waals surface area contributed by atoms with Gasteiger partial charge in [0.15, 0.2) is 0 Å². The first kappa shape index (κ1) is 22.8. The molecule has 8 heteroatoms. The van der Waals surface area contributed by atoms with Crippen molar-refractivity contribution in [2.24, 2.45) is 0 Å². The number of halogens is 3. The minimum atomic E-state index is -0.721. The van der Waals surface area contributed by atoms with Crippen LogP contribution in [0.1, 0.15) is 31.0 Å². The molecular formula is C21H24ClF2N3O2. The highest BCUT2D eigenvalue weighted by molar-refractivity contribution is 6.31. The van der Waals surface area contributed by atoms with Crippen molar-refractivity contribution in [3.8, 4) is 0 Å². The lowest BCUT2D eigenvalue weighted by Crippen LogP contribution is -2.41. The van der Waals surface area contributed by atoms with Crippen molar-refractivity contribution in [1.82, 2.24) is 10.2 Å². The second kappa shape index (κ2) is 10.3. The molecule has 2 N–H and O–H groups in total. The summed E-state index contributed by atoms with van der Waals surface area (Å²) in [6, 6.07) is 7.79. The van der Waals surface area contributed by atoms with Gasteiger partial charge in [-0.05, 0) is 44.2 Å². The molecule has 0 spiro atoms. The van der Waals surface area contributed by atoms with E-state index in [0.717, 1.165) is 17.7 Å². The van der Waals surface area contributed by atoms with E-state index in [9.17, 15) is 18.4 Å². The number of rotatable bonds is 8. The van der Waals surface area contributed by atoms with Gasteiger partial charge in [-0.1, -0.05) is 30.7 Å². The highest BCUT2D eigenvalue weighted by atomic mass is 35.5. The number of carbonyl (C=O) groups excluding carboxylic acids is 2. The van der Waals surface area contributed by atoms with Crippen LogP contribution in [0, 0.1) is 18.6 Å². The maximum Gasteiger partial charge on any atom is 0.238 e. The maximum absolute atomic E-state index is 13.9. The molecule has 5 nitrogen and oxygen atoms in total. The van der Waals surface area contributed by atoms with Crippen molar-refractivity contribution in [3.63, 3.8) is 0 Å². The van der Waals surface area contributed by atoms with Crippen molar-refractivity contribution in [3.05, 3.63) is 64.2 Å². The Kier molecular flexibility index (Phi) is 8.10. The fourth-order valence-corrected chi connectivity index (χ4v) is 2.99. The van der Waals surface area contributed by atoms with Crippen molar-refractivity contribution in [2.75, 3.05) is 25.0 Å². The normalized spacial score (nSPS) is 12.0. The molecule has 1 atom stereocenters. The number of hydrogen-bond acceptors (Lipinski definition) is 3. The van der Waals surface area contributed by atoms with E-state index in [0.29, 0.717) is 17.3 Å².